The maximum Gasteiger partial charge on any atom is 0.167 e. The normalized spacial score (nSPS) is 23.5. The van der Waals surface area contributed by atoms with Gasteiger partial charge in [-0.3, -0.25) is 14.6 Å². The fraction of sp³-hybridized carbons (Fsp3) is 0.686. The molecule has 6 rings (SSSR count). The van der Waals surface area contributed by atoms with Crippen molar-refractivity contribution in [2.45, 2.75) is 24.9 Å². The van der Waals surface area contributed by atoms with Gasteiger partial charge in [0.15, 0.2) is 5.78 Å². The summed E-state index contributed by atoms with van der Waals surface area (Å²) >= 11 is 0. The number of hydrogen-bond donors (Lipinski definition) is 0. The van der Waals surface area contributed by atoms with Gasteiger partial charge in [-0.25, -0.2) is 9.97 Å². The van der Waals surface area contributed by atoms with Crippen LogP contribution in [0.4, 0.5) is 11.6 Å². The molecule has 2 unspecified atom stereocenters. The monoisotopic (exact) mass is 632 g/mol. The van der Waals surface area contributed by atoms with Crippen molar-refractivity contribution in [2.24, 2.45) is 0 Å². The third-order valence-electron chi connectivity index (χ3n) is 10.7. The van der Waals surface area contributed by atoms with Gasteiger partial charge in [0, 0.05) is 117 Å². The zero-order valence-corrected chi connectivity index (χ0v) is 28.7. The first-order chi connectivity index (χ1) is 22.3. The Bertz CT molecular complexity index is 1170. The van der Waals surface area contributed by atoms with Crippen molar-refractivity contribution in [3.63, 3.8) is 0 Å². The van der Waals surface area contributed by atoms with Crippen LogP contribution in [-0.2, 0) is 17.6 Å². The molecule has 0 amide bonds. The molecule has 46 heavy (non-hydrogen) atoms. The van der Waals surface area contributed by atoms with E-state index in [1.807, 2.05) is 12.4 Å². The number of anilines is 2. The first-order valence-corrected chi connectivity index (χ1v) is 17.5. The molecule has 0 aliphatic carbocycles. The molecule has 0 radical (unpaired) electrons. The largest absolute Gasteiger partial charge is 0.354 e. The maximum atomic E-state index is 15.1. The molecular formula is C35H56N10O. The van der Waals surface area contributed by atoms with Gasteiger partial charge in [0.05, 0.1) is 12.1 Å². The van der Waals surface area contributed by atoms with E-state index >= 15 is 4.79 Å². The summed E-state index contributed by atoms with van der Waals surface area (Å²) in [4.78, 5) is 43.9. The van der Waals surface area contributed by atoms with Gasteiger partial charge in [-0.15, -0.1) is 0 Å². The lowest BCUT2D eigenvalue weighted by Gasteiger charge is -2.42. The summed E-state index contributed by atoms with van der Waals surface area (Å²) in [7, 11) is 8.74. The molecule has 0 saturated carbocycles. The van der Waals surface area contributed by atoms with Crippen molar-refractivity contribution in [1.29, 1.82) is 0 Å². The second-order valence-corrected chi connectivity index (χ2v) is 14.1. The first kappa shape index (κ1) is 33.2. The quantitative estimate of drug-likeness (QED) is 0.370. The third kappa shape index (κ3) is 8.42. The zero-order chi connectivity index (χ0) is 32.0. The number of nitrogens with zero attached hydrogens (tertiary/aromatic N) is 10. The summed E-state index contributed by atoms with van der Waals surface area (Å²) in [5, 5.41) is 0. The number of hydrogen-bond acceptors (Lipinski definition) is 11. The second kappa shape index (κ2) is 15.5. The minimum atomic E-state index is -0.167. The van der Waals surface area contributed by atoms with Crippen LogP contribution in [0.1, 0.15) is 11.1 Å². The van der Waals surface area contributed by atoms with E-state index in [1.165, 1.54) is 11.1 Å². The van der Waals surface area contributed by atoms with Crippen molar-refractivity contribution in [1.82, 2.24) is 39.4 Å². The Kier molecular flexibility index (Phi) is 11.2. The molecule has 4 saturated heterocycles. The predicted molar refractivity (Wildman–Crippen MR) is 186 cm³/mol. The summed E-state index contributed by atoms with van der Waals surface area (Å²) in [6.07, 6.45) is 5.34. The number of rotatable bonds is 10. The predicted octanol–water partition coefficient (Wildman–Crippen LogP) is 0.567. The Morgan fingerprint density at radius 1 is 0.543 bits per heavy atom. The number of carbonyl (C=O) groups excluding carboxylic acids is 1. The highest BCUT2D eigenvalue weighted by molar-refractivity contribution is 5.89. The molecule has 0 aromatic carbocycles. The molecule has 4 fully saturated rings. The Morgan fingerprint density at radius 3 is 1.22 bits per heavy atom. The summed E-state index contributed by atoms with van der Waals surface area (Å²) in [5.41, 5.74) is 2.42. The Balaban J connectivity index is 1.26. The molecule has 252 valence electrons. The number of likely N-dealkylation sites (N-methyl/N-ethyl adjacent to an activating group) is 4. The molecule has 4 aliphatic heterocycles. The van der Waals surface area contributed by atoms with E-state index in [0.717, 1.165) is 129 Å². The highest BCUT2D eigenvalue weighted by Crippen LogP contribution is 2.24. The van der Waals surface area contributed by atoms with Gasteiger partial charge >= 0.3 is 0 Å². The van der Waals surface area contributed by atoms with Crippen LogP contribution in [0.5, 0.6) is 0 Å². The van der Waals surface area contributed by atoms with E-state index in [1.54, 1.807) is 0 Å². The van der Waals surface area contributed by atoms with Crippen LogP contribution < -0.4 is 9.80 Å². The lowest BCUT2D eigenvalue weighted by atomic mass is 9.91. The van der Waals surface area contributed by atoms with Gasteiger partial charge < -0.3 is 29.4 Å². The summed E-state index contributed by atoms with van der Waals surface area (Å²) < 4.78 is 0. The SMILES string of the molecule is CN1CCN(c2cc(CC(C(=O)C(Cc3ccnc(N4CCN(C)CC4)c3)N3CCN(C)CC3)N3CCN(C)CC3)ccn2)CC1. The number of piperazine rings is 4. The molecule has 2 aromatic rings. The Labute approximate surface area is 276 Å². The number of pyridine rings is 2. The number of carbonyl (C=O) groups is 1. The van der Waals surface area contributed by atoms with E-state index in [9.17, 15) is 0 Å². The molecule has 11 nitrogen and oxygen atoms in total. The van der Waals surface area contributed by atoms with E-state index < -0.39 is 0 Å². The standard InChI is InChI=1S/C35H56N10O/c1-38-9-17-42(18-10-38)31(25-29-5-7-36-33(27-29)44-21-13-40(3)14-22-44)35(46)32(43-19-11-39(2)12-20-43)26-30-6-8-37-34(28-30)45-23-15-41(4)16-24-45/h5-8,27-28,31-32H,9-26H2,1-4H3. The minimum Gasteiger partial charge on any atom is -0.354 e. The van der Waals surface area contributed by atoms with Crippen LogP contribution in [0.15, 0.2) is 36.7 Å². The number of Topliss-reactive ketones (excluding diaryl/α,β-unsaturated/α-hetero) is 1. The van der Waals surface area contributed by atoms with Crippen molar-refractivity contribution in [3.8, 4) is 0 Å². The van der Waals surface area contributed by atoms with Gasteiger partial charge in [-0.2, -0.15) is 0 Å². The van der Waals surface area contributed by atoms with E-state index in [2.05, 4.69) is 91.7 Å². The Hall–Kier alpha value is -2.67. The van der Waals surface area contributed by atoms with E-state index in [-0.39, 0.29) is 12.1 Å². The second-order valence-electron chi connectivity index (χ2n) is 14.1. The maximum absolute atomic E-state index is 15.1. The van der Waals surface area contributed by atoms with Crippen LogP contribution in [0.2, 0.25) is 0 Å². The zero-order valence-electron chi connectivity index (χ0n) is 28.7. The molecule has 0 N–H and O–H groups in total. The third-order valence-corrected chi connectivity index (χ3v) is 10.7. The summed E-state index contributed by atoms with van der Waals surface area (Å²) in [6, 6.07) is 8.42. The lowest BCUT2D eigenvalue weighted by Crippen LogP contribution is -2.59. The molecule has 2 atom stereocenters. The van der Waals surface area contributed by atoms with Crippen LogP contribution in [-0.4, -0.2) is 190 Å². The molecule has 11 heteroatoms. The average molecular weight is 633 g/mol. The van der Waals surface area contributed by atoms with Crippen molar-refractivity contribution in [3.05, 3.63) is 47.8 Å². The van der Waals surface area contributed by atoms with Gasteiger partial charge in [0.2, 0.25) is 0 Å². The number of aromatic nitrogens is 2. The highest BCUT2D eigenvalue weighted by atomic mass is 16.1. The van der Waals surface area contributed by atoms with Crippen LogP contribution in [0, 0.1) is 0 Å². The number of ketones is 1. The van der Waals surface area contributed by atoms with Crippen LogP contribution in [0.3, 0.4) is 0 Å². The van der Waals surface area contributed by atoms with E-state index in [4.69, 9.17) is 9.97 Å². The highest BCUT2D eigenvalue weighted by Gasteiger charge is 2.37. The summed E-state index contributed by atoms with van der Waals surface area (Å²) in [5.74, 6) is 2.45. The fourth-order valence-corrected chi connectivity index (χ4v) is 7.35. The molecule has 0 bridgehead atoms. The van der Waals surface area contributed by atoms with Crippen molar-refractivity contribution < 1.29 is 4.79 Å². The summed E-state index contributed by atoms with van der Waals surface area (Å²) in [6.45, 7) is 15.8. The Morgan fingerprint density at radius 2 is 0.870 bits per heavy atom. The van der Waals surface area contributed by atoms with Crippen LogP contribution >= 0.6 is 0 Å². The molecular weight excluding hydrogens is 576 g/mol. The van der Waals surface area contributed by atoms with Gasteiger partial charge in [-0.05, 0) is 76.4 Å². The van der Waals surface area contributed by atoms with Crippen molar-refractivity contribution in [2.75, 3.05) is 143 Å². The van der Waals surface area contributed by atoms with Gasteiger partial charge in [-0.1, -0.05) is 0 Å². The molecule has 0 spiro atoms. The lowest BCUT2D eigenvalue weighted by molar-refractivity contribution is -0.131. The van der Waals surface area contributed by atoms with E-state index in [0.29, 0.717) is 5.78 Å². The minimum absolute atomic E-state index is 0.167. The smallest absolute Gasteiger partial charge is 0.167 e. The van der Waals surface area contributed by atoms with Crippen LogP contribution in [0.25, 0.3) is 0 Å². The van der Waals surface area contributed by atoms with Gasteiger partial charge in [0.1, 0.15) is 11.6 Å². The molecule has 6 heterocycles. The molecule has 4 aliphatic rings. The average Bonchev–Trinajstić information content (AvgIpc) is 3.08. The first-order valence-electron chi connectivity index (χ1n) is 17.5. The topological polar surface area (TPSA) is 68.8 Å². The van der Waals surface area contributed by atoms with Crippen molar-refractivity contribution >= 4 is 17.4 Å². The molecule has 2 aromatic heterocycles. The fourth-order valence-electron chi connectivity index (χ4n) is 7.35. The van der Waals surface area contributed by atoms with Gasteiger partial charge in [0.25, 0.3) is 0 Å².